The van der Waals surface area contributed by atoms with Crippen LogP contribution in [0.5, 0.6) is 0 Å². The zero-order valence-electron chi connectivity index (χ0n) is 18.9. The largest absolute Gasteiger partial charge is 0.357 e. The summed E-state index contributed by atoms with van der Waals surface area (Å²) in [5, 5.41) is 6.78. The van der Waals surface area contributed by atoms with E-state index in [9.17, 15) is 4.79 Å². The lowest BCUT2D eigenvalue weighted by Gasteiger charge is -2.31. The minimum absolute atomic E-state index is 0.226. The molecular weight excluding hydrogens is 376 g/mol. The van der Waals surface area contributed by atoms with Gasteiger partial charge in [0.05, 0.1) is 12.0 Å². The van der Waals surface area contributed by atoms with Crippen LogP contribution < -0.4 is 15.5 Å². The van der Waals surface area contributed by atoms with Gasteiger partial charge in [0.2, 0.25) is 5.91 Å². The summed E-state index contributed by atoms with van der Waals surface area (Å²) in [6.07, 6.45) is 9.81. The average molecular weight is 415 g/mol. The second-order valence-corrected chi connectivity index (χ2v) is 8.81. The first-order chi connectivity index (χ1) is 14.5. The molecule has 1 aliphatic heterocycles. The Labute approximate surface area is 181 Å². The van der Waals surface area contributed by atoms with E-state index in [0.717, 1.165) is 62.7 Å². The fourth-order valence-corrected chi connectivity index (χ4v) is 4.61. The normalized spacial score (nSPS) is 18.9. The Morgan fingerprint density at radius 1 is 1.17 bits per heavy atom. The molecule has 1 saturated heterocycles. The van der Waals surface area contributed by atoms with Gasteiger partial charge in [-0.05, 0) is 56.7 Å². The molecule has 7 nitrogen and oxygen atoms in total. The van der Waals surface area contributed by atoms with Gasteiger partial charge in [-0.1, -0.05) is 12.8 Å². The quantitative estimate of drug-likeness (QED) is 0.530. The molecule has 2 heterocycles. The number of aromatic nitrogens is 1. The third-order valence-electron chi connectivity index (χ3n) is 6.27. The Morgan fingerprint density at radius 3 is 2.57 bits per heavy atom. The molecule has 30 heavy (non-hydrogen) atoms. The molecule has 3 rings (SSSR count). The van der Waals surface area contributed by atoms with Crippen LogP contribution in [0, 0.1) is 5.41 Å². The molecule has 1 amide bonds. The third kappa shape index (κ3) is 5.64. The number of anilines is 1. The highest BCUT2D eigenvalue weighted by Crippen LogP contribution is 2.38. The smallest absolute Gasteiger partial charge is 0.230 e. The van der Waals surface area contributed by atoms with Crippen LogP contribution in [-0.2, 0) is 11.3 Å². The molecule has 1 aromatic rings. The molecule has 0 unspecified atom stereocenters. The molecule has 7 heteroatoms. The van der Waals surface area contributed by atoms with Gasteiger partial charge in [0.25, 0.3) is 0 Å². The van der Waals surface area contributed by atoms with Crippen molar-refractivity contribution in [2.75, 3.05) is 45.2 Å². The lowest BCUT2D eigenvalue weighted by Crippen LogP contribution is -2.49. The highest BCUT2D eigenvalue weighted by atomic mass is 16.2. The molecule has 0 radical (unpaired) electrons. The highest BCUT2D eigenvalue weighted by molar-refractivity contribution is 5.85. The number of hydrogen-bond acceptors (Lipinski definition) is 4. The number of pyridine rings is 1. The van der Waals surface area contributed by atoms with Gasteiger partial charge in [-0.15, -0.1) is 0 Å². The number of aliphatic imine (C=N–C) groups is 1. The zero-order chi connectivity index (χ0) is 21.4. The van der Waals surface area contributed by atoms with Gasteiger partial charge < -0.3 is 20.4 Å². The van der Waals surface area contributed by atoms with Crippen molar-refractivity contribution in [1.82, 2.24) is 20.5 Å². The van der Waals surface area contributed by atoms with Gasteiger partial charge in [0.1, 0.15) is 5.82 Å². The van der Waals surface area contributed by atoms with Crippen molar-refractivity contribution in [2.45, 2.75) is 58.4 Å². The standard InChI is InChI=1S/C23H38N6O/c1-4-24-22(27-18-23(11-6-7-12-23)21(30)28(2)3)26-17-19-10-13-25-20(16-19)29-14-8-5-9-15-29/h10,13,16H,4-9,11-12,14-15,17-18H2,1-3H3,(H2,24,26,27). The number of nitrogens with zero attached hydrogens (tertiary/aromatic N) is 4. The van der Waals surface area contributed by atoms with Gasteiger partial charge in [0, 0.05) is 46.5 Å². The highest BCUT2D eigenvalue weighted by Gasteiger charge is 2.42. The van der Waals surface area contributed by atoms with Crippen molar-refractivity contribution in [2.24, 2.45) is 10.4 Å². The van der Waals surface area contributed by atoms with Gasteiger partial charge in [0.15, 0.2) is 5.96 Å². The predicted octanol–water partition coefficient (Wildman–Crippen LogP) is 2.78. The van der Waals surface area contributed by atoms with E-state index in [1.165, 1.54) is 19.3 Å². The molecule has 1 saturated carbocycles. The third-order valence-corrected chi connectivity index (χ3v) is 6.27. The summed E-state index contributed by atoms with van der Waals surface area (Å²) in [5.41, 5.74) is 0.848. The summed E-state index contributed by atoms with van der Waals surface area (Å²) in [6, 6.07) is 4.20. The van der Waals surface area contributed by atoms with E-state index in [-0.39, 0.29) is 11.3 Å². The van der Waals surface area contributed by atoms with Gasteiger partial charge in [-0.25, -0.2) is 9.98 Å². The fraction of sp³-hybridized carbons (Fsp3) is 0.696. The molecule has 0 aromatic carbocycles. The van der Waals surface area contributed by atoms with E-state index in [0.29, 0.717) is 13.1 Å². The molecule has 2 aliphatic rings. The number of hydrogen-bond donors (Lipinski definition) is 2. The SMILES string of the molecule is CCNC(=NCc1ccnc(N2CCCCC2)c1)NCC1(C(=O)N(C)C)CCCC1. The van der Waals surface area contributed by atoms with Crippen molar-refractivity contribution >= 4 is 17.7 Å². The van der Waals surface area contributed by atoms with Crippen molar-refractivity contribution in [3.05, 3.63) is 23.9 Å². The molecule has 0 bridgehead atoms. The van der Waals surface area contributed by atoms with E-state index in [4.69, 9.17) is 4.99 Å². The number of nitrogens with one attached hydrogen (secondary N) is 2. The lowest BCUT2D eigenvalue weighted by molar-refractivity contribution is -0.138. The maximum atomic E-state index is 12.8. The van der Waals surface area contributed by atoms with E-state index in [1.807, 2.05) is 26.4 Å². The summed E-state index contributed by atoms with van der Waals surface area (Å²) >= 11 is 0. The summed E-state index contributed by atoms with van der Waals surface area (Å²) in [5.74, 6) is 2.05. The first-order valence-electron chi connectivity index (χ1n) is 11.5. The molecule has 0 spiro atoms. The van der Waals surface area contributed by atoms with Crippen LogP contribution in [0.15, 0.2) is 23.3 Å². The van der Waals surface area contributed by atoms with Crippen LogP contribution in [0.4, 0.5) is 5.82 Å². The van der Waals surface area contributed by atoms with E-state index in [1.54, 1.807) is 4.90 Å². The van der Waals surface area contributed by atoms with Gasteiger partial charge in [-0.3, -0.25) is 4.79 Å². The summed E-state index contributed by atoms with van der Waals surface area (Å²) in [4.78, 5) is 26.3. The number of piperidine rings is 1. The first-order valence-corrected chi connectivity index (χ1v) is 11.5. The number of guanidine groups is 1. The second-order valence-electron chi connectivity index (χ2n) is 8.81. The predicted molar refractivity (Wildman–Crippen MR) is 123 cm³/mol. The monoisotopic (exact) mass is 414 g/mol. The molecular formula is C23H38N6O. The minimum Gasteiger partial charge on any atom is -0.357 e. The zero-order valence-corrected chi connectivity index (χ0v) is 18.9. The van der Waals surface area contributed by atoms with Gasteiger partial charge >= 0.3 is 0 Å². The van der Waals surface area contributed by atoms with E-state index < -0.39 is 0 Å². The maximum Gasteiger partial charge on any atom is 0.230 e. The Bertz CT molecular complexity index is 720. The van der Waals surface area contributed by atoms with E-state index >= 15 is 0 Å². The van der Waals surface area contributed by atoms with Crippen LogP contribution in [0.25, 0.3) is 0 Å². The maximum absolute atomic E-state index is 12.8. The van der Waals surface area contributed by atoms with E-state index in [2.05, 4.69) is 33.5 Å². The van der Waals surface area contributed by atoms with Crippen LogP contribution in [0.2, 0.25) is 0 Å². The van der Waals surface area contributed by atoms with Crippen LogP contribution >= 0.6 is 0 Å². The molecule has 1 aliphatic carbocycles. The topological polar surface area (TPSA) is 72.9 Å². The number of carbonyl (C=O) groups excluding carboxylic acids is 1. The van der Waals surface area contributed by atoms with Crippen molar-refractivity contribution in [1.29, 1.82) is 0 Å². The Kier molecular flexibility index (Phi) is 7.94. The molecule has 2 fully saturated rings. The first kappa shape index (κ1) is 22.4. The average Bonchev–Trinajstić information content (AvgIpc) is 3.26. The number of carbonyl (C=O) groups is 1. The number of rotatable bonds is 7. The van der Waals surface area contributed by atoms with Crippen LogP contribution in [0.1, 0.15) is 57.4 Å². The summed E-state index contributed by atoms with van der Waals surface area (Å²) in [6.45, 7) is 6.25. The Balaban J connectivity index is 1.65. The Morgan fingerprint density at radius 2 is 1.90 bits per heavy atom. The molecule has 1 aromatic heterocycles. The minimum atomic E-state index is -0.308. The lowest BCUT2D eigenvalue weighted by atomic mass is 9.84. The van der Waals surface area contributed by atoms with Crippen LogP contribution in [0.3, 0.4) is 0 Å². The summed E-state index contributed by atoms with van der Waals surface area (Å²) < 4.78 is 0. The Hall–Kier alpha value is -2.31. The second kappa shape index (κ2) is 10.6. The van der Waals surface area contributed by atoms with Crippen molar-refractivity contribution in [3.8, 4) is 0 Å². The van der Waals surface area contributed by atoms with Crippen molar-refractivity contribution < 1.29 is 4.79 Å². The fourth-order valence-electron chi connectivity index (χ4n) is 4.61. The molecule has 166 valence electrons. The van der Waals surface area contributed by atoms with Crippen molar-refractivity contribution in [3.63, 3.8) is 0 Å². The molecule has 2 N–H and O–H groups in total. The number of amides is 1. The van der Waals surface area contributed by atoms with Gasteiger partial charge in [-0.2, -0.15) is 0 Å². The summed E-state index contributed by atoms with van der Waals surface area (Å²) in [7, 11) is 3.70. The van der Waals surface area contributed by atoms with Crippen LogP contribution in [-0.4, -0.2) is 62.0 Å². The molecule has 0 atom stereocenters.